The Bertz CT molecular complexity index is 949. The van der Waals surface area contributed by atoms with Gasteiger partial charge in [0.15, 0.2) is 0 Å². The van der Waals surface area contributed by atoms with Gasteiger partial charge in [0.05, 0.1) is 17.5 Å². The summed E-state index contributed by atoms with van der Waals surface area (Å²) < 4.78 is 2.71. The fraction of sp³-hybridized carbons (Fsp3) is 0.118. The molecule has 6 nitrogen and oxygen atoms in total. The first-order chi connectivity index (χ1) is 11.6. The van der Waals surface area contributed by atoms with Crippen molar-refractivity contribution < 1.29 is 9.59 Å². The number of nitrogens with zero attached hydrogens (tertiary/aromatic N) is 2. The van der Waals surface area contributed by atoms with Crippen molar-refractivity contribution >= 4 is 50.4 Å². The molecular formula is C17H13BrN4O2. The maximum atomic E-state index is 12.8. The van der Waals surface area contributed by atoms with Gasteiger partial charge in [0, 0.05) is 10.2 Å². The van der Waals surface area contributed by atoms with Crippen molar-refractivity contribution in [3.63, 3.8) is 0 Å². The lowest BCUT2D eigenvalue weighted by atomic mass is 10.1. The van der Waals surface area contributed by atoms with E-state index in [4.69, 9.17) is 0 Å². The quantitative estimate of drug-likeness (QED) is 0.711. The zero-order valence-corrected chi connectivity index (χ0v) is 14.1. The number of nitrogens with one attached hydrogen (secondary N) is 2. The summed E-state index contributed by atoms with van der Waals surface area (Å²) in [6, 6.07) is 14.2. The molecule has 2 heterocycles. The molecule has 0 fully saturated rings. The maximum Gasteiger partial charge on any atom is 0.248 e. The molecule has 3 aromatic rings. The molecule has 24 heavy (non-hydrogen) atoms. The first kappa shape index (κ1) is 14.9. The van der Waals surface area contributed by atoms with E-state index in [1.54, 1.807) is 16.7 Å². The molecule has 2 amide bonds. The van der Waals surface area contributed by atoms with E-state index < -0.39 is 6.04 Å². The predicted octanol–water partition coefficient (Wildman–Crippen LogP) is 3.32. The number of carbonyl (C=O) groups is 2. The van der Waals surface area contributed by atoms with Crippen LogP contribution in [0.4, 0.5) is 11.6 Å². The molecule has 1 aliphatic rings. The molecule has 2 aromatic carbocycles. The van der Waals surface area contributed by atoms with Gasteiger partial charge >= 0.3 is 0 Å². The summed E-state index contributed by atoms with van der Waals surface area (Å²) in [5.41, 5.74) is 2.25. The lowest BCUT2D eigenvalue weighted by molar-refractivity contribution is -0.124. The Hall–Kier alpha value is -2.67. The van der Waals surface area contributed by atoms with E-state index in [0.29, 0.717) is 11.6 Å². The Morgan fingerprint density at radius 3 is 2.75 bits per heavy atom. The van der Waals surface area contributed by atoms with Crippen molar-refractivity contribution in [2.45, 2.75) is 12.5 Å². The van der Waals surface area contributed by atoms with Crippen LogP contribution in [0.3, 0.4) is 0 Å². The number of halogens is 1. The number of aromatic nitrogens is 2. The average Bonchev–Trinajstić information content (AvgIpc) is 2.94. The van der Waals surface area contributed by atoms with Gasteiger partial charge in [-0.2, -0.15) is 0 Å². The minimum atomic E-state index is -0.634. The molecule has 0 radical (unpaired) electrons. The highest BCUT2D eigenvalue weighted by atomic mass is 79.9. The second kappa shape index (κ2) is 5.76. The van der Waals surface area contributed by atoms with E-state index in [-0.39, 0.29) is 18.2 Å². The standard InChI is InChI=1S/C17H13BrN4O2/c18-10-5-7-11(8-6-10)19-16(24)14-9-15(23)21-17-20-12-3-1-2-4-13(12)22(14)17/h1-8,14H,9H2,(H,19,24)(H,20,21,23)/t14-/m0/s1. The summed E-state index contributed by atoms with van der Waals surface area (Å²) in [4.78, 5) is 29.1. The van der Waals surface area contributed by atoms with Gasteiger partial charge in [0.2, 0.25) is 17.8 Å². The molecule has 0 saturated heterocycles. The van der Waals surface area contributed by atoms with Gasteiger partial charge in [-0.15, -0.1) is 0 Å². The number of fused-ring (bicyclic) bond motifs is 3. The van der Waals surface area contributed by atoms with Crippen LogP contribution in [-0.2, 0) is 9.59 Å². The van der Waals surface area contributed by atoms with Crippen LogP contribution in [-0.4, -0.2) is 21.4 Å². The third-order valence-electron chi connectivity index (χ3n) is 3.95. The molecule has 0 aliphatic carbocycles. The molecule has 0 bridgehead atoms. The van der Waals surface area contributed by atoms with Crippen LogP contribution < -0.4 is 10.6 Å². The number of benzene rings is 2. The third-order valence-corrected chi connectivity index (χ3v) is 4.48. The van der Waals surface area contributed by atoms with Crippen LogP contribution in [0, 0.1) is 0 Å². The molecule has 0 spiro atoms. The van der Waals surface area contributed by atoms with Gasteiger partial charge in [0.25, 0.3) is 0 Å². The minimum absolute atomic E-state index is 0.0791. The highest BCUT2D eigenvalue weighted by molar-refractivity contribution is 9.10. The second-order valence-electron chi connectivity index (χ2n) is 5.56. The van der Waals surface area contributed by atoms with E-state index in [0.717, 1.165) is 15.5 Å². The number of anilines is 2. The first-order valence-corrected chi connectivity index (χ1v) is 8.24. The largest absolute Gasteiger partial charge is 0.324 e. The summed E-state index contributed by atoms with van der Waals surface area (Å²) in [6.45, 7) is 0. The van der Waals surface area contributed by atoms with Crippen molar-refractivity contribution in [1.29, 1.82) is 0 Å². The SMILES string of the molecule is O=C1C[C@@H](C(=O)Nc2ccc(Br)cc2)n2c(nc3ccccc32)N1. The van der Waals surface area contributed by atoms with Crippen LogP contribution in [0.5, 0.6) is 0 Å². The molecule has 4 rings (SSSR count). The monoisotopic (exact) mass is 384 g/mol. The molecular weight excluding hydrogens is 372 g/mol. The molecule has 1 atom stereocenters. The molecule has 2 N–H and O–H groups in total. The van der Waals surface area contributed by atoms with E-state index in [1.807, 2.05) is 36.4 Å². The number of para-hydroxylation sites is 2. The highest BCUT2D eigenvalue weighted by Gasteiger charge is 2.32. The van der Waals surface area contributed by atoms with Gasteiger partial charge in [0.1, 0.15) is 6.04 Å². The molecule has 120 valence electrons. The average molecular weight is 385 g/mol. The zero-order chi connectivity index (χ0) is 16.7. The summed E-state index contributed by atoms with van der Waals surface area (Å²) in [5.74, 6) is -0.0475. The first-order valence-electron chi connectivity index (χ1n) is 7.45. The van der Waals surface area contributed by atoms with Crippen LogP contribution >= 0.6 is 15.9 Å². The Morgan fingerprint density at radius 1 is 1.21 bits per heavy atom. The van der Waals surface area contributed by atoms with Crippen molar-refractivity contribution in [2.24, 2.45) is 0 Å². The van der Waals surface area contributed by atoms with E-state index >= 15 is 0 Å². The Labute approximate surface area is 146 Å². The fourth-order valence-corrected chi connectivity index (χ4v) is 3.12. The number of rotatable bonds is 2. The van der Waals surface area contributed by atoms with Gasteiger partial charge < -0.3 is 5.32 Å². The van der Waals surface area contributed by atoms with Crippen molar-refractivity contribution in [3.8, 4) is 0 Å². The Balaban J connectivity index is 1.72. The van der Waals surface area contributed by atoms with Crippen LogP contribution in [0.15, 0.2) is 53.0 Å². The topological polar surface area (TPSA) is 76.0 Å². The molecule has 0 unspecified atom stereocenters. The highest BCUT2D eigenvalue weighted by Crippen LogP contribution is 2.31. The van der Waals surface area contributed by atoms with Gasteiger partial charge in [-0.05, 0) is 36.4 Å². The predicted molar refractivity (Wildman–Crippen MR) is 94.8 cm³/mol. The zero-order valence-electron chi connectivity index (χ0n) is 12.5. The number of amides is 2. The summed E-state index contributed by atoms with van der Waals surface area (Å²) in [7, 11) is 0. The minimum Gasteiger partial charge on any atom is -0.324 e. The molecule has 1 aliphatic heterocycles. The summed E-state index contributed by atoms with van der Waals surface area (Å²) in [6.07, 6.45) is 0.0791. The second-order valence-corrected chi connectivity index (χ2v) is 6.47. The van der Waals surface area contributed by atoms with Crippen molar-refractivity contribution in [2.75, 3.05) is 10.6 Å². The number of hydrogen-bond acceptors (Lipinski definition) is 3. The summed E-state index contributed by atoms with van der Waals surface area (Å²) >= 11 is 3.36. The fourth-order valence-electron chi connectivity index (χ4n) is 2.86. The van der Waals surface area contributed by atoms with Crippen LogP contribution in [0.1, 0.15) is 12.5 Å². The van der Waals surface area contributed by atoms with Crippen LogP contribution in [0.25, 0.3) is 11.0 Å². The lowest BCUT2D eigenvalue weighted by Gasteiger charge is -2.24. The molecule has 1 aromatic heterocycles. The van der Waals surface area contributed by atoms with Crippen molar-refractivity contribution in [3.05, 3.63) is 53.0 Å². The maximum absolute atomic E-state index is 12.8. The van der Waals surface area contributed by atoms with E-state index in [2.05, 4.69) is 31.5 Å². The van der Waals surface area contributed by atoms with Gasteiger partial charge in [-0.1, -0.05) is 28.1 Å². The van der Waals surface area contributed by atoms with Crippen LogP contribution in [0.2, 0.25) is 0 Å². The van der Waals surface area contributed by atoms with E-state index in [9.17, 15) is 9.59 Å². The normalized spacial score (nSPS) is 16.5. The number of carbonyl (C=O) groups excluding carboxylic acids is 2. The Morgan fingerprint density at radius 2 is 1.96 bits per heavy atom. The smallest absolute Gasteiger partial charge is 0.248 e. The van der Waals surface area contributed by atoms with Crippen molar-refractivity contribution in [1.82, 2.24) is 9.55 Å². The summed E-state index contributed by atoms with van der Waals surface area (Å²) in [5, 5.41) is 5.60. The van der Waals surface area contributed by atoms with Gasteiger partial charge in [-0.25, -0.2) is 4.98 Å². The van der Waals surface area contributed by atoms with E-state index in [1.165, 1.54) is 0 Å². The number of hydrogen-bond donors (Lipinski definition) is 2. The molecule has 7 heteroatoms. The number of imidazole rings is 1. The molecule has 0 saturated carbocycles. The lowest BCUT2D eigenvalue weighted by Crippen LogP contribution is -2.35. The van der Waals surface area contributed by atoms with Gasteiger partial charge in [-0.3, -0.25) is 19.5 Å². The Kier molecular flexibility index (Phi) is 3.57. The third kappa shape index (κ3) is 2.56.